The number of carbonyl (C=O) groups is 1. The van der Waals surface area contributed by atoms with E-state index in [-0.39, 0.29) is 5.69 Å². The van der Waals surface area contributed by atoms with Crippen LogP contribution in [0.4, 0.5) is 28.9 Å². The number of benzene rings is 1. The number of nitro benzene ring substituents is 1. The minimum atomic E-state index is -3.24. The number of para-hydroxylation sites is 2. The molecule has 0 saturated carbocycles. The highest BCUT2D eigenvalue weighted by Gasteiger charge is 2.29. The van der Waals surface area contributed by atoms with Gasteiger partial charge in [0.05, 0.1) is 9.95 Å². The van der Waals surface area contributed by atoms with Gasteiger partial charge in [-0.1, -0.05) is 23.7 Å². The molecular formula is C13H9ClF4N4O3. The van der Waals surface area contributed by atoms with Crippen LogP contribution in [-0.4, -0.2) is 20.6 Å². The third kappa shape index (κ3) is 4.05. The first-order valence-corrected chi connectivity index (χ1v) is 6.95. The lowest BCUT2D eigenvalue weighted by Gasteiger charge is -2.08. The van der Waals surface area contributed by atoms with E-state index in [0.29, 0.717) is 4.68 Å². The number of hydrogen-bond donors (Lipinski definition) is 1. The van der Waals surface area contributed by atoms with Gasteiger partial charge in [0.1, 0.15) is 23.6 Å². The SMILES string of the molecule is O=C(Cn1nc(C(F)F)c(Cl)c1C(F)F)Nc1ccccc1[N+](=O)[O-]. The van der Waals surface area contributed by atoms with Gasteiger partial charge in [0, 0.05) is 6.07 Å². The zero-order chi connectivity index (χ0) is 18.7. The van der Waals surface area contributed by atoms with Crippen molar-refractivity contribution in [2.24, 2.45) is 0 Å². The van der Waals surface area contributed by atoms with Gasteiger partial charge < -0.3 is 5.32 Å². The van der Waals surface area contributed by atoms with Crippen LogP contribution in [0.3, 0.4) is 0 Å². The largest absolute Gasteiger partial charge is 0.319 e. The fourth-order valence-corrected chi connectivity index (χ4v) is 2.31. The van der Waals surface area contributed by atoms with E-state index >= 15 is 0 Å². The molecule has 2 aromatic rings. The number of rotatable bonds is 6. The molecule has 1 aromatic heterocycles. The highest BCUT2D eigenvalue weighted by molar-refractivity contribution is 6.32. The molecule has 1 heterocycles. The van der Waals surface area contributed by atoms with Crippen LogP contribution in [0.15, 0.2) is 24.3 Å². The summed E-state index contributed by atoms with van der Waals surface area (Å²) >= 11 is 5.47. The Morgan fingerprint density at radius 2 is 1.92 bits per heavy atom. The highest BCUT2D eigenvalue weighted by atomic mass is 35.5. The molecule has 25 heavy (non-hydrogen) atoms. The van der Waals surface area contributed by atoms with Crippen LogP contribution in [0.25, 0.3) is 0 Å². The number of carbonyl (C=O) groups excluding carboxylic acids is 1. The Morgan fingerprint density at radius 1 is 1.28 bits per heavy atom. The molecule has 1 aromatic carbocycles. The molecule has 0 bridgehead atoms. The smallest absolute Gasteiger partial charge is 0.292 e. The van der Waals surface area contributed by atoms with Crippen molar-refractivity contribution < 1.29 is 27.3 Å². The Labute approximate surface area is 142 Å². The first-order valence-electron chi connectivity index (χ1n) is 6.58. The molecule has 134 valence electrons. The maximum atomic E-state index is 13.0. The van der Waals surface area contributed by atoms with Crippen LogP contribution in [0.2, 0.25) is 5.02 Å². The number of aromatic nitrogens is 2. The van der Waals surface area contributed by atoms with Crippen molar-refractivity contribution in [3.05, 3.63) is 50.8 Å². The highest BCUT2D eigenvalue weighted by Crippen LogP contribution is 2.34. The zero-order valence-corrected chi connectivity index (χ0v) is 12.9. The first kappa shape index (κ1) is 18.6. The number of nitrogens with one attached hydrogen (secondary N) is 1. The van der Waals surface area contributed by atoms with Gasteiger partial charge >= 0.3 is 0 Å². The number of nitrogens with zero attached hydrogens (tertiary/aromatic N) is 3. The summed E-state index contributed by atoms with van der Waals surface area (Å²) in [5.41, 5.74) is -2.70. The minimum absolute atomic E-state index is 0.177. The van der Waals surface area contributed by atoms with Gasteiger partial charge in [-0.2, -0.15) is 5.10 Å². The summed E-state index contributed by atoms with van der Waals surface area (Å²) in [5, 5.41) is 15.3. The summed E-state index contributed by atoms with van der Waals surface area (Å²) in [6.07, 6.45) is -6.45. The van der Waals surface area contributed by atoms with E-state index in [1.807, 2.05) is 0 Å². The Morgan fingerprint density at radius 3 is 2.48 bits per heavy atom. The van der Waals surface area contributed by atoms with Crippen molar-refractivity contribution >= 4 is 28.9 Å². The molecule has 0 saturated heterocycles. The van der Waals surface area contributed by atoms with Crippen molar-refractivity contribution in [3.63, 3.8) is 0 Å². The number of hydrogen-bond acceptors (Lipinski definition) is 4. The number of halogens is 5. The quantitative estimate of drug-likeness (QED) is 0.466. The standard InChI is InChI=1S/C13H9ClF4N4O3/c14-9-10(12(15)16)20-21(11(9)13(17)18)5-8(23)19-6-3-1-2-4-7(6)22(24)25/h1-4,12-13H,5H2,(H,19,23). The molecule has 2 rings (SSSR count). The molecule has 1 amide bonds. The molecule has 0 unspecified atom stereocenters. The fraction of sp³-hybridized carbons (Fsp3) is 0.231. The van der Waals surface area contributed by atoms with Crippen LogP contribution in [-0.2, 0) is 11.3 Å². The second-order valence-corrected chi connectivity index (χ2v) is 5.04. The van der Waals surface area contributed by atoms with Gasteiger partial charge in [-0.25, -0.2) is 17.6 Å². The molecule has 0 aliphatic rings. The molecule has 7 nitrogen and oxygen atoms in total. The summed E-state index contributed by atoms with van der Waals surface area (Å²) < 4.78 is 51.8. The third-order valence-corrected chi connectivity index (χ3v) is 3.43. The van der Waals surface area contributed by atoms with Crippen molar-refractivity contribution in [2.75, 3.05) is 5.32 Å². The monoisotopic (exact) mass is 380 g/mol. The van der Waals surface area contributed by atoms with Crippen molar-refractivity contribution in [1.82, 2.24) is 9.78 Å². The molecule has 0 atom stereocenters. The topological polar surface area (TPSA) is 90.1 Å². The maximum Gasteiger partial charge on any atom is 0.292 e. The minimum Gasteiger partial charge on any atom is -0.319 e. The molecule has 1 N–H and O–H groups in total. The van der Waals surface area contributed by atoms with Crippen LogP contribution in [0.1, 0.15) is 24.2 Å². The molecular weight excluding hydrogens is 372 g/mol. The van der Waals surface area contributed by atoms with E-state index in [1.54, 1.807) is 0 Å². The predicted octanol–water partition coefficient (Wildman–Crippen LogP) is 3.96. The normalized spacial score (nSPS) is 11.2. The number of alkyl halides is 4. The van der Waals surface area contributed by atoms with Crippen LogP contribution in [0, 0.1) is 10.1 Å². The van der Waals surface area contributed by atoms with Gasteiger partial charge in [0.15, 0.2) is 0 Å². The molecule has 0 radical (unpaired) electrons. The average molecular weight is 381 g/mol. The second-order valence-electron chi connectivity index (χ2n) is 4.67. The van der Waals surface area contributed by atoms with Gasteiger partial charge in [-0.15, -0.1) is 0 Å². The van der Waals surface area contributed by atoms with E-state index in [0.717, 1.165) is 6.07 Å². The molecule has 0 aliphatic heterocycles. The number of amides is 1. The van der Waals surface area contributed by atoms with E-state index < -0.39 is 52.3 Å². The van der Waals surface area contributed by atoms with E-state index in [9.17, 15) is 32.5 Å². The predicted molar refractivity (Wildman–Crippen MR) is 78.9 cm³/mol. The van der Waals surface area contributed by atoms with Gasteiger partial charge in [0.25, 0.3) is 18.5 Å². The molecule has 0 spiro atoms. The van der Waals surface area contributed by atoms with Crippen LogP contribution < -0.4 is 5.32 Å². The maximum absolute atomic E-state index is 13.0. The summed E-state index contributed by atoms with van der Waals surface area (Å²) in [6.45, 7) is -0.877. The average Bonchev–Trinajstić information content (AvgIpc) is 2.84. The summed E-state index contributed by atoms with van der Waals surface area (Å²) in [7, 11) is 0. The summed E-state index contributed by atoms with van der Waals surface area (Å²) in [5.74, 6) is -0.976. The van der Waals surface area contributed by atoms with Gasteiger partial charge in [-0.3, -0.25) is 19.6 Å². The molecule has 12 heteroatoms. The summed E-state index contributed by atoms with van der Waals surface area (Å²) in [6, 6.07) is 5.13. The third-order valence-electron chi connectivity index (χ3n) is 3.04. The summed E-state index contributed by atoms with van der Waals surface area (Å²) in [4.78, 5) is 22.1. The molecule has 0 fully saturated rings. The Kier molecular flexibility index (Phi) is 5.57. The lowest BCUT2D eigenvalue weighted by molar-refractivity contribution is -0.383. The molecule has 0 aliphatic carbocycles. The lowest BCUT2D eigenvalue weighted by Crippen LogP contribution is -2.21. The van der Waals surface area contributed by atoms with Crippen molar-refractivity contribution in [1.29, 1.82) is 0 Å². The lowest BCUT2D eigenvalue weighted by atomic mass is 10.2. The van der Waals surface area contributed by atoms with E-state index in [4.69, 9.17) is 11.6 Å². The zero-order valence-electron chi connectivity index (χ0n) is 12.1. The second kappa shape index (κ2) is 7.47. The van der Waals surface area contributed by atoms with Gasteiger partial charge in [-0.05, 0) is 6.07 Å². The Hall–Kier alpha value is -2.69. The fourth-order valence-electron chi connectivity index (χ4n) is 2.01. The van der Waals surface area contributed by atoms with E-state index in [1.165, 1.54) is 18.2 Å². The number of nitro groups is 1. The first-order chi connectivity index (χ1) is 11.7. The number of anilines is 1. The van der Waals surface area contributed by atoms with Crippen LogP contribution in [0.5, 0.6) is 0 Å². The van der Waals surface area contributed by atoms with Crippen molar-refractivity contribution in [2.45, 2.75) is 19.4 Å². The van der Waals surface area contributed by atoms with Gasteiger partial charge in [0.2, 0.25) is 5.91 Å². The Balaban J connectivity index is 2.27. The van der Waals surface area contributed by atoms with Crippen LogP contribution >= 0.6 is 11.6 Å². The van der Waals surface area contributed by atoms with Crippen molar-refractivity contribution in [3.8, 4) is 0 Å². The van der Waals surface area contributed by atoms with E-state index in [2.05, 4.69) is 10.4 Å². The Bertz CT molecular complexity index is 813.